The van der Waals surface area contributed by atoms with Crippen molar-refractivity contribution in [1.82, 2.24) is 5.32 Å². The van der Waals surface area contributed by atoms with Crippen molar-refractivity contribution in [2.45, 2.75) is 0 Å². The number of carbonyl (C=O) groups is 3. The number of hydrogen-bond donors (Lipinski definition) is 3. The van der Waals surface area contributed by atoms with E-state index in [-0.39, 0.29) is 0 Å². The summed E-state index contributed by atoms with van der Waals surface area (Å²) in [6, 6.07) is 11.0. The van der Waals surface area contributed by atoms with Crippen molar-refractivity contribution < 1.29 is 19.1 Å². The van der Waals surface area contributed by atoms with Crippen molar-refractivity contribution in [3.63, 3.8) is 0 Å². The molecule has 0 aliphatic rings. The zero-order valence-corrected chi connectivity index (χ0v) is 15.1. The maximum absolute atomic E-state index is 11.8. The molecular formula is C17H15Cl2N3O4. The number of nitrogens with one attached hydrogen (secondary N) is 3. The minimum atomic E-state index is -0.952. The fourth-order valence-corrected chi connectivity index (χ4v) is 2.49. The number of amides is 3. The molecule has 0 bridgehead atoms. The minimum Gasteiger partial charge on any atom is -0.497 e. The number of anilines is 2. The third kappa shape index (κ3) is 5.94. The lowest BCUT2D eigenvalue weighted by molar-refractivity contribution is -0.136. The molecule has 0 saturated heterocycles. The summed E-state index contributed by atoms with van der Waals surface area (Å²) < 4.78 is 5.03. The van der Waals surface area contributed by atoms with Gasteiger partial charge in [-0.3, -0.25) is 14.4 Å². The van der Waals surface area contributed by atoms with E-state index >= 15 is 0 Å². The van der Waals surface area contributed by atoms with Crippen LogP contribution in [0.5, 0.6) is 5.75 Å². The Morgan fingerprint density at radius 2 is 1.62 bits per heavy atom. The van der Waals surface area contributed by atoms with Gasteiger partial charge >= 0.3 is 11.8 Å². The first kappa shape index (κ1) is 19.6. The Balaban J connectivity index is 1.84. The molecule has 0 fully saturated rings. The Morgan fingerprint density at radius 3 is 2.27 bits per heavy atom. The van der Waals surface area contributed by atoms with Crippen LogP contribution in [-0.4, -0.2) is 31.4 Å². The highest BCUT2D eigenvalue weighted by Gasteiger charge is 2.15. The van der Waals surface area contributed by atoms with Crippen LogP contribution in [0.1, 0.15) is 0 Å². The van der Waals surface area contributed by atoms with E-state index in [0.717, 1.165) is 0 Å². The summed E-state index contributed by atoms with van der Waals surface area (Å²) in [7, 11) is 1.49. The van der Waals surface area contributed by atoms with Crippen molar-refractivity contribution in [2.24, 2.45) is 0 Å². The number of benzene rings is 2. The molecule has 2 aromatic rings. The van der Waals surface area contributed by atoms with Gasteiger partial charge in [-0.1, -0.05) is 29.3 Å². The molecule has 2 aromatic carbocycles. The monoisotopic (exact) mass is 395 g/mol. The highest BCUT2D eigenvalue weighted by atomic mass is 35.5. The number of ether oxygens (including phenoxy) is 1. The molecule has 26 heavy (non-hydrogen) atoms. The third-order valence-electron chi connectivity index (χ3n) is 3.09. The van der Waals surface area contributed by atoms with Crippen LogP contribution >= 0.6 is 23.2 Å². The predicted molar refractivity (Wildman–Crippen MR) is 99.7 cm³/mol. The zero-order valence-electron chi connectivity index (χ0n) is 13.6. The lowest BCUT2D eigenvalue weighted by atomic mass is 10.3. The maximum Gasteiger partial charge on any atom is 0.313 e. The SMILES string of the molecule is COc1cccc(NC(=O)C(=O)NCC(=O)Nc2cc(Cl)cc(Cl)c2)c1. The second-order valence-corrected chi connectivity index (χ2v) is 5.95. The summed E-state index contributed by atoms with van der Waals surface area (Å²) in [5.74, 6) is -1.86. The molecule has 9 heteroatoms. The quantitative estimate of drug-likeness (QED) is 0.678. The molecule has 0 saturated carbocycles. The van der Waals surface area contributed by atoms with Gasteiger partial charge in [-0.25, -0.2) is 0 Å². The summed E-state index contributed by atoms with van der Waals surface area (Å²) >= 11 is 11.7. The molecule has 2 rings (SSSR count). The van der Waals surface area contributed by atoms with E-state index in [1.807, 2.05) is 0 Å². The molecule has 136 valence electrons. The summed E-state index contributed by atoms with van der Waals surface area (Å²) in [6.45, 7) is -0.394. The Hall–Kier alpha value is -2.77. The molecule has 3 amide bonds. The average Bonchev–Trinajstić information content (AvgIpc) is 2.58. The van der Waals surface area contributed by atoms with Crippen molar-refractivity contribution >= 4 is 52.3 Å². The van der Waals surface area contributed by atoms with Gasteiger partial charge < -0.3 is 20.7 Å². The smallest absolute Gasteiger partial charge is 0.313 e. The maximum atomic E-state index is 11.8. The van der Waals surface area contributed by atoms with Crippen molar-refractivity contribution in [2.75, 3.05) is 24.3 Å². The fourth-order valence-electron chi connectivity index (χ4n) is 1.96. The van der Waals surface area contributed by atoms with Crippen molar-refractivity contribution in [3.05, 3.63) is 52.5 Å². The van der Waals surface area contributed by atoms with Crippen LogP contribution in [0.4, 0.5) is 11.4 Å². The van der Waals surface area contributed by atoms with Crippen LogP contribution in [0.25, 0.3) is 0 Å². The molecule has 0 spiro atoms. The van der Waals surface area contributed by atoms with Gasteiger partial charge in [0.05, 0.1) is 13.7 Å². The average molecular weight is 396 g/mol. The number of rotatable bonds is 5. The summed E-state index contributed by atoms with van der Waals surface area (Å²) in [4.78, 5) is 35.5. The first-order valence-electron chi connectivity index (χ1n) is 7.36. The molecule has 0 aromatic heterocycles. The van der Waals surface area contributed by atoms with E-state index in [0.29, 0.717) is 27.2 Å². The first-order valence-corrected chi connectivity index (χ1v) is 8.12. The first-order chi connectivity index (χ1) is 12.4. The highest BCUT2D eigenvalue weighted by Crippen LogP contribution is 2.22. The van der Waals surface area contributed by atoms with E-state index in [9.17, 15) is 14.4 Å². The fraction of sp³-hybridized carbons (Fsp3) is 0.118. The number of hydrogen-bond acceptors (Lipinski definition) is 4. The van der Waals surface area contributed by atoms with Crippen LogP contribution in [0.2, 0.25) is 10.0 Å². The van der Waals surface area contributed by atoms with Crippen molar-refractivity contribution in [1.29, 1.82) is 0 Å². The zero-order chi connectivity index (χ0) is 19.1. The lowest BCUT2D eigenvalue weighted by Crippen LogP contribution is -2.39. The second-order valence-electron chi connectivity index (χ2n) is 5.08. The predicted octanol–water partition coefficient (Wildman–Crippen LogP) is 2.70. The van der Waals surface area contributed by atoms with E-state index in [1.54, 1.807) is 24.3 Å². The van der Waals surface area contributed by atoms with Crippen LogP contribution in [0.15, 0.2) is 42.5 Å². The molecule has 0 heterocycles. The number of carbonyl (C=O) groups excluding carboxylic acids is 3. The van der Waals surface area contributed by atoms with Crippen LogP contribution in [0, 0.1) is 0 Å². The Labute approximate surface area is 159 Å². The van der Waals surface area contributed by atoms with Gasteiger partial charge in [0.25, 0.3) is 0 Å². The summed E-state index contributed by atoms with van der Waals surface area (Å²) in [6.07, 6.45) is 0. The minimum absolute atomic E-state index is 0.356. The van der Waals surface area contributed by atoms with Crippen molar-refractivity contribution in [3.8, 4) is 5.75 Å². The number of methoxy groups -OCH3 is 1. The van der Waals surface area contributed by atoms with Crippen LogP contribution in [0.3, 0.4) is 0 Å². The number of halogens is 2. The molecular weight excluding hydrogens is 381 g/mol. The van der Waals surface area contributed by atoms with Gasteiger partial charge in [0.2, 0.25) is 5.91 Å². The van der Waals surface area contributed by atoms with E-state index in [1.165, 1.54) is 25.3 Å². The van der Waals surface area contributed by atoms with Gasteiger partial charge in [-0.2, -0.15) is 0 Å². The highest BCUT2D eigenvalue weighted by molar-refractivity contribution is 6.40. The van der Waals surface area contributed by atoms with E-state index < -0.39 is 24.3 Å². The summed E-state index contributed by atoms with van der Waals surface area (Å²) in [5, 5.41) is 7.85. The van der Waals surface area contributed by atoms with Gasteiger partial charge in [0, 0.05) is 27.5 Å². The normalized spacial score (nSPS) is 9.96. The van der Waals surface area contributed by atoms with Crippen LogP contribution in [-0.2, 0) is 14.4 Å². The second kappa shape index (κ2) is 9.07. The van der Waals surface area contributed by atoms with Gasteiger partial charge in [-0.05, 0) is 30.3 Å². The van der Waals surface area contributed by atoms with E-state index in [4.69, 9.17) is 27.9 Å². The van der Waals surface area contributed by atoms with Gasteiger partial charge in [0.15, 0.2) is 0 Å². The van der Waals surface area contributed by atoms with Gasteiger partial charge in [0.1, 0.15) is 5.75 Å². The molecule has 0 aliphatic carbocycles. The molecule has 0 atom stereocenters. The molecule has 0 aliphatic heterocycles. The Morgan fingerprint density at radius 1 is 0.923 bits per heavy atom. The lowest BCUT2D eigenvalue weighted by Gasteiger charge is -2.09. The topological polar surface area (TPSA) is 96.5 Å². The molecule has 3 N–H and O–H groups in total. The Bertz CT molecular complexity index is 822. The van der Waals surface area contributed by atoms with Gasteiger partial charge in [-0.15, -0.1) is 0 Å². The standard InChI is InChI=1S/C17H15Cl2N3O4/c1-26-14-4-2-3-12(8-14)22-17(25)16(24)20-9-15(23)21-13-6-10(18)5-11(19)7-13/h2-8H,9H2,1H3,(H,20,24)(H,21,23)(H,22,25). The molecule has 7 nitrogen and oxygen atoms in total. The largest absolute Gasteiger partial charge is 0.497 e. The van der Waals surface area contributed by atoms with E-state index in [2.05, 4.69) is 16.0 Å². The molecule has 0 radical (unpaired) electrons. The summed E-state index contributed by atoms with van der Waals surface area (Å²) in [5.41, 5.74) is 0.769. The van der Waals surface area contributed by atoms with Crippen LogP contribution < -0.4 is 20.7 Å². The third-order valence-corrected chi connectivity index (χ3v) is 3.53. The molecule has 0 unspecified atom stereocenters. The Kier molecular flexibility index (Phi) is 6.82.